The molecule has 3 rings (SSSR count). The molecule has 1 unspecified atom stereocenters. The Balaban J connectivity index is 1.56. The standard InChI is InChI=1S/C20H21N5OS/c1-13(14-7-9-16(10-8-14)15-5-3-2-4-6-15)23-19(26)12-27-20-24-17(21)11-18(22)25-20/h2-11,13H,12H2,1H3,(H,23,26)(H4,21,22,24,25). The fourth-order valence-corrected chi connectivity index (χ4v) is 3.30. The van der Waals surface area contributed by atoms with Crippen molar-refractivity contribution in [3.8, 4) is 11.1 Å². The second-order valence-electron chi connectivity index (χ2n) is 6.07. The Bertz CT molecular complexity index is 895. The molecule has 0 spiro atoms. The molecule has 5 N–H and O–H groups in total. The number of hydrogen-bond donors (Lipinski definition) is 3. The molecule has 0 radical (unpaired) electrons. The molecule has 3 aromatic rings. The lowest BCUT2D eigenvalue weighted by atomic mass is 10.0. The van der Waals surface area contributed by atoms with E-state index in [4.69, 9.17) is 11.5 Å². The molecule has 6 nitrogen and oxygen atoms in total. The first-order valence-electron chi connectivity index (χ1n) is 8.49. The number of nitrogens with zero attached hydrogens (tertiary/aromatic N) is 2. The summed E-state index contributed by atoms with van der Waals surface area (Å²) in [5.74, 6) is 0.661. The van der Waals surface area contributed by atoms with Gasteiger partial charge in [0.15, 0.2) is 5.16 Å². The van der Waals surface area contributed by atoms with E-state index in [0.717, 1.165) is 11.1 Å². The number of anilines is 2. The van der Waals surface area contributed by atoms with Crippen LogP contribution in [-0.4, -0.2) is 21.6 Å². The molecule has 27 heavy (non-hydrogen) atoms. The van der Waals surface area contributed by atoms with Crippen molar-refractivity contribution in [2.24, 2.45) is 0 Å². The Hall–Kier alpha value is -3.06. The first-order valence-corrected chi connectivity index (χ1v) is 9.47. The summed E-state index contributed by atoms with van der Waals surface area (Å²) in [7, 11) is 0. The smallest absolute Gasteiger partial charge is 0.230 e. The number of nitrogens with one attached hydrogen (secondary N) is 1. The summed E-state index contributed by atoms with van der Waals surface area (Å²) < 4.78 is 0. The number of rotatable bonds is 6. The molecule has 0 aliphatic heterocycles. The first kappa shape index (κ1) is 18.7. The van der Waals surface area contributed by atoms with E-state index in [1.54, 1.807) is 0 Å². The molecular formula is C20H21N5OS. The molecule has 7 heteroatoms. The van der Waals surface area contributed by atoms with Crippen LogP contribution in [0.15, 0.2) is 65.8 Å². The van der Waals surface area contributed by atoms with Gasteiger partial charge >= 0.3 is 0 Å². The number of nitrogens with two attached hydrogens (primary N) is 2. The fraction of sp³-hybridized carbons (Fsp3) is 0.150. The van der Waals surface area contributed by atoms with E-state index in [-0.39, 0.29) is 29.3 Å². The molecule has 0 aliphatic carbocycles. The second kappa shape index (κ2) is 8.55. The highest BCUT2D eigenvalue weighted by atomic mass is 32.2. The van der Waals surface area contributed by atoms with Gasteiger partial charge in [0, 0.05) is 6.07 Å². The van der Waals surface area contributed by atoms with Crippen LogP contribution in [0.3, 0.4) is 0 Å². The van der Waals surface area contributed by atoms with Gasteiger partial charge in [-0.2, -0.15) is 0 Å². The second-order valence-corrected chi connectivity index (χ2v) is 7.01. The molecule has 1 amide bonds. The summed E-state index contributed by atoms with van der Waals surface area (Å²) in [4.78, 5) is 20.3. The minimum atomic E-state index is -0.107. The van der Waals surface area contributed by atoms with E-state index >= 15 is 0 Å². The summed E-state index contributed by atoms with van der Waals surface area (Å²) in [5, 5.41) is 3.37. The normalized spacial score (nSPS) is 11.7. The molecule has 0 fully saturated rings. The maximum absolute atomic E-state index is 12.2. The van der Waals surface area contributed by atoms with Gasteiger partial charge in [-0.05, 0) is 23.6 Å². The van der Waals surface area contributed by atoms with E-state index in [9.17, 15) is 4.79 Å². The van der Waals surface area contributed by atoms with Gasteiger partial charge in [-0.1, -0.05) is 66.4 Å². The highest BCUT2D eigenvalue weighted by molar-refractivity contribution is 7.99. The lowest BCUT2D eigenvalue weighted by Crippen LogP contribution is -2.28. The number of amides is 1. The Labute approximate surface area is 162 Å². The zero-order chi connectivity index (χ0) is 19.2. The molecule has 1 aromatic heterocycles. The number of carbonyl (C=O) groups excluding carboxylic acids is 1. The largest absolute Gasteiger partial charge is 0.383 e. The summed E-state index contributed by atoms with van der Waals surface area (Å²) >= 11 is 1.20. The van der Waals surface area contributed by atoms with Crippen molar-refractivity contribution >= 4 is 29.3 Å². The van der Waals surface area contributed by atoms with Gasteiger partial charge in [0.25, 0.3) is 0 Å². The van der Waals surface area contributed by atoms with Crippen LogP contribution in [0.1, 0.15) is 18.5 Å². The highest BCUT2D eigenvalue weighted by Crippen LogP contribution is 2.22. The van der Waals surface area contributed by atoms with Crippen LogP contribution >= 0.6 is 11.8 Å². The number of hydrogen-bond acceptors (Lipinski definition) is 6. The molecule has 0 saturated heterocycles. The molecule has 0 bridgehead atoms. The first-order chi connectivity index (χ1) is 13.0. The van der Waals surface area contributed by atoms with Gasteiger partial charge in [0.05, 0.1) is 11.8 Å². The van der Waals surface area contributed by atoms with Crippen LogP contribution in [0, 0.1) is 0 Å². The topological polar surface area (TPSA) is 107 Å². The summed E-state index contributed by atoms with van der Waals surface area (Å²) in [6.07, 6.45) is 0. The molecule has 2 aromatic carbocycles. The Morgan fingerprint density at radius 3 is 2.22 bits per heavy atom. The lowest BCUT2D eigenvalue weighted by Gasteiger charge is -2.15. The van der Waals surface area contributed by atoms with Crippen molar-refractivity contribution in [2.45, 2.75) is 18.1 Å². The van der Waals surface area contributed by atoms with Crippen LogP contribution in [0.4, 0.5) is 11.6 Å². The molecule has 0 saturated carbocycles. The SMILES string of the molecule is CC(NC(=O)CSc1nc(N)cc(N)n1)c1ccc(-c2ccccc2)cc1. The minimum absolute atomic E-state index is 0.102. The van der Waals surface area contributed by atoms with Gasteiger partial charge in [-0.15, -0.1) is 0 Å². The van der Waals surface area contributed by atoms with Crippen LogP contribution in [0.2, 0.25) is 0 Å². The third kappa shape index (κ3) is 5.21. The fourth-order valence-electron chi connectivity index (χ4n) is 2.62. The summed E-state index contributed by atoms with van der Waals surface area (Å²) in [6.45, 7) is 1.95. The Morgan fingerprint density at radius 1 is 1.00 bits per heavy atom. The maximum atomic E-state index is 12.2. The Morgan fingerprint density at radius 2 is 1.59 bits per heavy atom. The predicted octanol–water partition coefficient (Wildman–Crippen LogP) is 3.28. The van der Waals surface area contributed by atoms with E-state index in [2.05, 4.69) is 39.6 Å². The van der Waals surface area contributed by atoms with Crippen LogP contribution < -0.4 is 16.8 Å². The van der Waals surface area contributed by atoms with Crippen LogP contribution in [0.5, 0.6) is 0 Å². The van der Waals surface area contributed by atoms with E-state index in [0.29, 0.717) is 5.16 Å². The van der Waals surface area contributed by atoms with Gasteiger partial charge in [-0.25, -0.2) is 9.97 Å². The number of thioether (sulfide) groups is 1. The number of nitrogen functional groups attached to an aromatic ring is 2. The zero-order valence-corrected chi connectivity index (χ0v) is 15.7. The highest BCUT2D eigenvalue weighted by Gasteiger charge is 2.11. The van der Waals surface area contributed by atoms with Gasteiger partial charge in [0.2, 0.25) is 5.91 Å². The maximum Gasteiger partial charge on any atom is 0.230 e. The molecule has 1 atom stereocenters. The van der Waals surface area contributed by atoms with Crippen molar-refractivity contribution in [1.29, 1.82) is 0 Å². The van der Waals surface area contributed by atoms with Gasteiger partial charge in [-0.3, -0.25) is 4.79 Å². The van der Waals surface area contributed by atoms with Crippen molar-refractivity contribution < 1.29 is 4.79 Å². The molecule has 0 aliphatic rings. The predicted molar refractivity (Wildman–Crippen MR) is 110 cm³/mol. The van der Waals surface area contributed by atoms with Crippen LogP contribution in [0.25, 0.3) is 11.1 Å². The van der Waals surface area contributed by atoms with Gasteiger partial charge < -0.3 is 16.8 Å². The summed E-state index contributed by atoms with van der Waals surface area (Å²) in [5.41, 5.74) is 14.6. The number of aromatic nitrogens is 2. The average Bonchev–Trinajstić information content (AvgIpc) is 2.66. The lowest BCUT2D eigenvalue weighted by molar-refractivity contribution is -0.119. The quantitative estimate of drug-likeness (QED) is 0.448. The van der Waals surface area contributed by atoms with E-state index in [1.165, 1.54) is 23.4 Å². The third-order valence-corrected chi connectivity index (χ3v) is 4.82. The van der Waals surface area contributed by atoms with Gasteiger partial charge in [0.1, 0.15) is 11.6 Å². The molecule has 138 valence electrons. The monoisotopic (exact) mass is 379 g/mol. The number of carbonyl (C=O) groups is 1. The minimum Gasteiger partial charge on any atom is -0.383 e. The summed E-state index contributed by atoms with van der Waals surface area (Å²) in [6, 6.07) is 19.7. The average molecular weight is 379 g/mol. The zero-order valence-electron chi connectivity index (χ0n) is 14.9. The number of benzene rings is 2. The van der Waals surface area contributed by atoms with Crippen molar-refractivity contribution in [3.63, 3.8) is 0 Å². The van der Waals surface area contributed by atoms with Crippen molar-refractivity contribution in [3.05, 3.63) is 66.2 Å². The van der Waals surface area contributed by atoms with Crippen LogP contribution in [-0.2, 0) is 4.79 Å². The van der Waals surface area contributed by atoms with Crippen molar-refractivity contribution in [2.75, 3.05) is 17.2 Å². The Kier molecular flexibility index (Phi) is 5.93. The molecule has 1 heterocycles. The van der Waals surface area contributed by atoms with E-state index < -0.39 is 0 Å². The van der Waals surface area contributed by atoms with Crippen molar-refractivity contribution in [1.82, 2.24) is 15.3 Å². The molecular weight excluding hydrogens is 358 g/mol. The van der Waals surface area contributed by atoms with E-state index in [1.807, 2.05) is 37.3 Å². The third-order valence-electron chi connectivity index (χ3n) is 3.97.